The van der Waals surface area contributed by atoms with Crippen LogP contribution in [-0.2, 0) is 14.8 Å². The summed E-state index contributed by atoms with van der Waals surface area (Å²) in [6.45, 7) is 0.465. The summed E-state index contributed by atoms with van der Waals surface area (Å²) in [6.07, 6.45) is 0.609. The van der Waals surface area contributed by atoms with Gasteiger partial charge in [-0.05, 0) is 48.9 Å². The largest absolute Gasteiger partial charge is 0.324 e. The van der Waals surface area contributed by atoms with Gasteiger partial charge in [-0.25, -0.2) is 8.42 Å². The molecule has 27 heavy (non-hydrogen) atoms. The van der Waals surface area contributed by atoms with Crippen LogP contribution in [0.2, 0.25) is 0 Å². The Morgan fingerprint density at radius 3 is 2.63 bits per heavy atom. The molecule has 1 saturated heterocycles. The average molecular weight is 403 g/mol. The average Bonchev–Trinajstić information content (AvgIpc) is 3.00. The topological polar surface area (TPSA) is 95.6 Å². The third kappa shape index (κ3) is 3.65. The van der Waals surface area contributed by atoms with Gasteiger partial charge in [0.15, 0.2) is 0 Å². The molecule has 2 aliphatic rings. The number of nitrogens with zero attached hydrogens (tertiary/aromatic N) is 1. The molecule has 2 N–H and O–H groups in total. The van der Waals surface area contributed by atoms with Crippen LogP contribution in [0.25, 0.3) is 0 Å². The molecule has 0 aromatic heterocycles. The zero-order valence-electron chi connectivity index (χ0n) is 14.3. The van der Waals surface area contributed by atoms with E-state index >= 15 is 0 Å². The summed E-state index contributed by atoms with van der Waals surface area (Å²) in [4.78, 5) is 24.9. The lowest BCUT2D eigenvalue weighted by Crippen LogP contribution is -2.25. The number of sulfonamides is 1. The summed E-state index contributed by atoms with van der Waals surface area (Å²) in [6, 6.07) is 11.9. The van der Waals surface area contributed by atoms with Crippen molar-refractivity contribution in [2.24, 2.45) is 0 Å². The van der Waals surface area contributed by atoms with Gasteiger partial charge in [0.25, 0.3) is 5.91 Å². The maximum absolute atomic E-state index is 12.5. The minimum atomic E-state index is -3.24. The minimum Gasteiger partial charge on any atom is -0.324 e. The Balaban J connectivity index is 1.49. The standard InChI is InChI=1S/C18H17N3O4S2/c22-17-11-26-16-7-4-13(10-15(16)20-17)19-18(23)12-2-5-14(6-3-12)21-8-1-9-27(21,24)25/h2-7,10H,1,8-9,11H2,(H,19,23)(H,20,22). The number of nitrogens with one attached hydrogen (secondary N) is 2. The van der Waals surface area contributed by atoms with Crippen LogP contribution in [0.3, 0.4) is 0 Å². The molecule has 0 saturated carbocycles. The van der Waals surface area contributed by atoms with Gasteiger partial charge in [-0.2, -0.15) is 0 Å². The van der Waals surface area contributed by atoms with Gasteiger partial charge < -0.3 is 10.6 Å². The number of carbonyl (C=O) groups excluding carboxylic acids is 2. The first-order valence-electron chi connectivity index (χ1n) is 8.41. The van der Waals surface area contributed by atoms with Crippen molar-refractivity contribution in [3.05, 3.63) is 48.0 Å². The summed E-state index contributed by atoms with van der Waals surface area (Å²) in [5.41, 5.74) is 2.25. The van der Waals surface area contributed by atoms with Crippen LogP contribution in [0.4, 0.5) is 17.1 Å². The number of hydrogen-bond acceptors (Lipinski definition) is 5. The van der Waals surface area contributed by atoms with Crippen molar-refractivity contribution in [3.8, 4) is 0 Å². The van der Waals surface area contributed by atoms with Gasteiger partial charge in [-0.3, -0.25) is 13.9 Å². The molecule has 140 valence electrons. The van der Waals surface area contributed by atoms with Crippen molar-refractivity contribution in [1.29, 1.82) is 0 Å². The zero-order chi connectivity index (χ0) is 19.0. The molecule has 2 aliphatic heterocycles. The molecule has 2 heterocycles. The lowest BCUT2D eigenvalue weighted by atomic mass is 10.2. The van der Waals surface area contributed by atoms with Crippen molar-refractivity contribution in [2.75, 3.05) is 33.0 Å². The van der Waals surface area contributed by atoms with Crippen molar-refractivity contribution in [1.82, 2.24) is 0 Å². The molecule has 7 nitrogen and oxygen atoms in total. The molecule has 0 unspecified atom stereocenters. The van der Waals surface area contributed by atoms with Gasteiger partial charge in [0.2, 0.25) is 15.9 Å². The lowest BCUT2D eigenvalue weighted by molar-refractivity contribution is -0.113. The van der Waals surface area contributed by atoms with E-state index in [-0.39, 0.29) is 17.6 Å². The van der Waals surface area contributed by atoms with Gasteiger partial charge in [0, 0.05) is 22.7 Å². The quantitative estimate of drug-likeness (QED) is 0.821. The van der Waals surface area contributed by atoms with E-state index in [1.165, 1.54) is 16.1 Å². The molecule has 9 heteroatoms. The maximum Gasteiger partial charge on any atom is 0.255 e. The van der Waals surface area contributed by atoms with E-state index in [1.807, 2.05) is 6.07 Å². The van der Waals surface area contributed by atoms with Crippen LogP contribution in [0.5, 0.6) is 0 Å². The van der Waals surface area contributed by atoms with Crippen molar-refractivity contribution in [2.45, 2.75) is 11.3 Å². The van der Waals surface area contributed by atoms with Crippen molar-refractivity contribution in [3.63, 3.8) is 0 Å². The second-order valence-corrected chi connectivity index (χ2v) is 9.32. The predicted octanol–water partition coefficient (Wildman–Crippen LogP) is 2.52. The number of hydrogen-bond donors (Lipinski definition) is 2. The smallest absolute Gasteiger partial charge is 0.255 e. The first-order valence-corrected chi connectivity index (χ1v) is 11.0. The Labute approximate surface area is 161 Å². The predicted molar refractivity (Wildman–Crippen MR) is 106 cm³/mol. The van der Waals surface area contributed by atoms with E-state index in [0.717, 1.165) is 4.90 Å². The molecule has 0 bridgehead atoms. The first kappa shape index (κ1) is 17.9. The van der Waals surface area contributed by atoms with Gasteiger partial charge >= 0.3 is 0 Å². The normalized spacial score (nSPS) is 17.9. The number of anilines is 3. The van der Waals surface area contributed by atoms with E-state index < -0.39 is 10.0 Å². The molecule has 0 atom stereocenters. The van der Waals surface area contributed by atoms with Gasteiger partial charge in [-0.1, -0.05) is 0 Å². The van der Waals surface area contributed by atoms with E-state index in [1.54, 1.807) is 36.4 Å². The van der Waals surface area contributed by atoms with Crippen LogP contribution in [0.1, 0.15) is 16.8 Å². The molecule has 2 aromatic carbocycles. The van der Waals surface area contributed by atoms with E-state index in [2.05, 4.69) is 10.6 Å². The number of thioether (sulfide) groups is 1. The Kier molecular flexibility index (Phi) is 4.56. The fourth-order valence-corrected chi connectivity index (χ4v) is 5.43. The van der Waals surface area contributed by atoms with E-state index in [4.69, 9.17) is 0 Å². The van der Waals surface area contributed by atoms with Crippen LogP contribution in [0, 0.1) is 0 Å². The first-order chi connectivity index (χ1) is 12.9. The van der Waals surface area contributed by atoms with Crippen LogP contribution >= 0.6 is 11.8 Å². The van der Waals surface area contributed by atoms with E-state index in [9.17, 15) is 18.0 Å². The van der Waals surface area contributed by atoms with Crippen LogP contribution in [-0.4, -0.2) is 38.3 Å². The fraction of sp³-hybridized carbons (Fsp3) is 0.222. The number of carbonyl (C=O) groups is 2. The molecule has 0 aliphatic carbocycles. The molecule has 4 rings (SSSR count). The van der Waals surface area contributed by atoms with E-state index in [0.29, 0.717) is 41.3 Å². The van der Waals surface area contributed by atoms with Gasteiger partial charge in [-0.15, -0.1) is 11.8 Å². The summed E-state index contributed by atoms with van der Waals surface area (Å²) >= 11 is 1.46. The SMILES string of the molecule is O=C1CSc2ccc(NC(=O)c3ccc(N4CCCS4(=O)=O)cc3)cc2N1. The second-order valence-electron chi connectivity index (χ2n) is 6.29. The van der Waals surface area contributed by atoms with Crippen molar-refractivity contribution >= 4 is 50.7 Å². The molecular formula is C18H17N3O4S2. The Morgan fingerprint density at radius 1 is 1.15 bits per heavy atom. The number of rotatable bonds is 3. The highest BCUT2D eigenvalue weighted by Gasteiger charge is 2.28. The van der Waals surface area contributed by atoms with Crippen LogP contribution in [0.15, 0.2) is 47.4 Å². The number of amides is 2. The summed E-state index contributed by atoms with van der Waals surface area (Å²) in [5, 5.41) is 5.58. The Bertz CT molecular complexity index is 1020. The summed E-state index contributed by atoms with van der Waals surface area (Å²) < 4.78 is 25.3. The number of fused-ring (bicyclic) bond motifs is 1. The molecule has 2 aromatic rings. The molecule has 0 spiro atoms. The lowest BCUT2D eigenvalue weighted by Gasteiger charge is -2.18. The highest BCUT2D eigenvalue weighted by Crippen LogP contribution is 2.33. The summed E-state index contributed by atoms with van der Waals surface area (Å²) in [5.74, 6) is 0.171. The molecule has 0 radical (unpaired) electrons. The van der Waals surface area contributed by atoms with Crippen LogP contribution < -0.4 is 14.9 Å². The molecular weight excluding hydrogens is 386 g/mol. The second kappa shape index (κ2) is 6.90. The third-order valence-corrected chi connectivity index (χ3v) is 7.33. The Hall–Kier alpha value is -2.52. The summed E-state index contributed by atoms with van der Waals surface area (Å²) in [7, 11) is -3.24. The molecule has 2 amide bonds. The Morgan fingerprint density at radius 2 is 1.93 bits per heavy atom. The van der Waals surface area contributed by atoms with Crippen molar-refractivity contribution < 1.29 is 18.0 Å². The highest BCUT2D eigenvalue weighted by molar-refractivity contribution is 8.00. The monoisotopic (exact) mass is 403 g/mol. The maximum atomic E-state index is 12.5. The van der Waals surface area contributed by atoms with Gasteiger partial charge in [0.05, 0.1) is 22.9 Å². The third-order valence-electron chi connectivity index (χ3n) is 4.39. The highest BCUT2D eigenvalue weighted by atomic mass is 32.2. The fourth-order valence-electron chi connectivity index (χ4n) is 3.07. The zero-order valence-corrected chi connectivity index (χ0v) is 15.9. The number of benzene rings is 2. The minimum absolute atomic E-state index is 0.0663. The molecule has 1 fully saturated rings. The van der Waals surface area contributed by atoms with Gasteiger partial charge in [0.1, 0.15) is 0 Å².